The molecular formula is C13H15NY. The van der Waals surface area contributed by atoms with Crippen LogP contribution in [0.5, 0.6) is 0 Å². The molecular weight excluding hydrogens is 259 g/mol. The van der Waals surface area contributed by atoms with Gasteiger partial charge >= 0.3 is 0 Å². The molecule has 1 nitrogen and oxygen atoms in total. The molecule has 0 N–H and O–H groups in total. The number of allylic oxidation sites excluding steroid dienone is 2. The van der Waals surface area contributed by atoms with Gasteiger partial charge in [-0.3, -0.25) is 4.98 Å². The average Bonchev–Trinajstić information content (AvgIpc) is 2.26. The monoisotopic (exact) mass is 274 g/mol. The fraction of sp³-hybridized carbons (Fsp3) is 0.308. The van der Waals surface area contributed by atoms with Crippen molar-refractivity contribution >= 4 is 12.2 Å². The van der Waals surface area contributed by atoms with Gasteiger partial charge in [0.25, 0.3) is 0 Å². The van der Waals surface area contributed by atoms with Crippen LogP contribution in [-0.4, -0.2) is 4.98 Å². The van der Waals surface area contributed by atoms with Crippen LogP contribution in [0.2, 0.25) is 0 Å². The van der Waals surface area contributed by atoms with E-state index < -0.39 is 0 Å². The summed E-state index contributed by atoms with van der Waals surface area (Å²) in [7, 11) is 0. The summed E-state index contributed by atoms with van der Waals surface area (Å²) in [6, 6.07) is 4.18. The van der Waals surface area contributed by atoms with Crippen molar-refractivity contribution in [3.8, 4) is 0 Å². The molecule has 0 spiro atoms. The predicted octanol–water partition coefficient (Wildman–Crippen LogP) is 3.45. The normalized spacial score (nSPS) is 16.5. The van der Waals surface area contributed by atoms with Crippen molar-refractivity contribution in [3.63, 3.8) is 0 Å². The zero-order valence-electron chi connectivity index (χ0n) is 9.49. The third-order valence-corrected chi connectivity index (χ3v) is 2.46. The second-order valence-electron chi connectivity index (χ2n) is 4.42. The molecule has 2 rings (SSSR count). The summed E-state index contributed by atoms with van der Waals surface area (Å²) in [6.45, 7) is 6.41. The molecule has 1 aromatic rings. The SMILES string of the molecule is Cc1ccc2c(n1)C=CC(C)(C)C=C2.[Y]. The zero-order chi connectivity index (χ0) is 10.2. The van der Waals surface area contributed by atoms with Gasteiger partial charge in [-0.05, 0) is 24.6 Å². The summed E-state index contributed by atoms with van der Waals surface area (Å²) in [5, 5.41) is 0. The molecule has 1 aliphatic rings. The Labute approximate surface area is 117 Å². The van der Waals surface area contributed by atoms with E-state index in [-0.39, 0.29) is 38.1 Å². The summed E-state index contributed by atoms with van der Waals surface area (Å²) >= 11 is 0. The van der Waals surface area contributed by atoms with Crippen LogP contribution in [-0.2, 0) is 32.7 Å². The quantitative estimate of drug-likeness (QED) is 0.706. The van der Waals surface area contributed by atoms with Crippen molar-refractivity contribution in [1.29, 1.82) is 0 Å². The molecule has 0 aliphatic heterocycles. The van der Waals surface area contributed by atoms with Crippen LogP contribution in [0.1, 0.15) is 30.8 Å². The zero-order valence-corrected chi connectivity index (χ0v) is 12.3. The minimum atomic E-state index is 0. The standard InChI is InChI=1S/C13H15N.Y/c1-10-4-5-11-6-8-13(2,3)9-7-12(11)14-10;/h4-9H,1-3H3;. The Morgan fingerprint density at radius 3 is 2.47 bits per heavy atom. The molecule has 1 heterocycles. The number of aromatic nitrogens is 1. The van der Waals surface area contributed by atoms with Crippen LogP contribution < -0.4 is 0 Å². The number of fused-ring (bicyclic) bond motifs is 1. The maximum Gasteiger partial charge on any atom is 0.0702 e. The number of pyridine rings is 1. The molecule has 2 heteroatoms. The van der Waals surface area contributed by atoms with E-state index in [1.54, 1.807) is 0 Å². The van der Waals surface area contributed by atoms with E-state index >= 15 is 0 Å². The number of aryl methyl sites for hydroxylation is 1. The Morgan fingerprint density at radius 1 is 1.07 bits per heavy atom. The summed E-state index contributed by atoms with van der Waals surface area (Å²) < 4.78 is 0. The number of nitrogens with zero attached hydrogens (tertiary/aromatic N) is 1. The van der Waals surface area contributed by atoms with E-state index in [0.717, 1.165) is 11.4 Å². The first-order chi connectivity index (χ1) is 6.57. The van der Waals surface area contributed by atoms with E-state index in [9.17, 15) is 0 Å². The molecule has 0 fully saturated rings. The maximum absolute atomic E-state index is 4.50. The molecule has 0 amide bonds. The second-order valence-corrected chi connectivity index (χ2v) is 4.42. The van der Waals surface area contributed by atoms with E-state index in [0.29, 0.717) is 0 Å². The van der Waals surface area contributed by atoms with E-state index in [1.807, 2.05) is 6.92 Å². The molecule has 0 saturated heterocycles. The fourth-order valence-corrected chi connectivity index (χ4v) is 1.52. The molecule has 0 bridgehead atoms. The minimum Gasteiger partial charge on any atom is -0.253 e. The fourth-order valence-electron chi connectivity index (χ4n) is 1.52. The maximum atomic E-state index is 4.50. The summed E-state index contributed by atoms with van der Waals surface area (Å²) in [5.74, 6) is 0. The number of hydrogen-bond acceptors (Lipinski definition) is 1. The molecule has 1 aromatic heterocycles. The number of hydrogen-bond donors (Lipinski definition) is 0. The van der Waals surface area contributed by atoms with Crippen molar-refractivity contribution in [2.75, 3.05) is 0 Å². The van der Waals surface area contributed by atoms with Crippen LogP contribution in [0, 0.1) is 12.3 Å². The first-order valence-corrected chi connectivity index (χ1v) is 4.93. The minimum absolute atomic E-state index is 0. The smallest absolute Gasteiger partial charge is 0.0702 e. The topological polar surface area (TPSA) is 12.9 Å². The third kappa shape index (κ3) is 3.09. The molecule has 1 radical (unpaired) electrons. The van der Waals surface area contributed by atoms with Gasteiger partial charge in [-0.25, -0.2) is 0 Å². The Balaban J connectivity index is 0.00000112. The van der Waals surface area contributed by atoms with Gasteiger partial charge in [0.2, 0.25) is 0 Å². The largest absolute Gasteiger partial charge is 0.253 e. The summed E-state index contributed by atoms with van der Waals surface area (Å²) in [5.41, 5.74) is 3.49. The first-order valence-electron chi connectivity index (χ1n) is 4.93. The van der Waals surface area contributed by atoms with Crippen LogP contribution in [0.3, 0.4) is 0 Å². The molecule has 0 aromatic carbocycles. The molecule has 75 valence electrons. The van der Waals surface area contributed by atoms with Crippen LogP contribution in [0.25, 0.3) is 12.2 Å². The van der Waals surface area contributed by atoms with Crippen LogP contribution in [0.4, 0.5) is 0 Å². The van der Waals surface area contributed by atoms with Gasteiger partial charge in [-0.1, -0.05) is 38.1 Å². The van der Waals surface area contributed by atoms with Gasteiger partial charge in [-0.15, -0.1) is 0 Å². The Kier molecular flexibility index (Phi) is 4.02. The van der Waals surface area contributed by atoms with Crippen molar-refractivity contribution in [2.45, 2.75) is 20.8 Å². The van der Waals surface area contributed by atoms with E-state index in [2.05, 4.69) is 55.3 Å². The van der Waals surface area contributed by atoms with Crippen LogP contribution in [0.15, 0.2) is 24.3 Å². The third-order valence-electron chi connectivity index (χ3n) is 2.46. The summed E-state index contributed by atoms with van der Waals surface area (Å²) in [6.07, 6.45) is 8.68. The van der Waals surface area contributed by atoms with E-state index in [4.69, 9.17) is 0 Å². The van der Waals surface area contributed by atoms with E-state index in [1.165, 1.54) is 5.56 Å². The van der Waals surface area contributed by atoms with Gasteiger partial charge in [0.15, 0.2) is 0 Å². The van der Waals surface area contributed by atoms with Gasteiger partial charge in [0, 0.05) is 43.8 Å². The van der Waals surface area contributed by atoms with Crippen molar-refractivity contribution in [2.24, 2.45) is 5.41 Å². The van der Waals surface area contributed by atoms with Crippen molar-refractivity contribution < 1.29 is 32.7 Å². The van der Waals surface area contributed by atoms with Gasteiger partial charge in [-0.2, -0.15) is 0 Å². The van der Waals surface area contributed by atoms with Gasteiger partial charge < -0.3 is 0 Å². The molecule has 0 unspecified atom stereocenters. The van der Waals surface area contributed by atoms with Crippen LogP contribution >= 0.6 is 0 Å². The van der Waals surface area contributed by atoms with Gasteiger partial charge in [0.05, 0.1) is 5.69 Å². The van der Waals surface area contributed by atoms with Gasteiger partial charge in [0.1, 0.15) is 0 Å². The summed E-state index contributed by atoms with van der Waals surface area (Å²) in [4.78, 5) is 4.50. The molecule has 1 aliphatic carbocycles. The van der Waals surface area contributed by atoms with Crippen molar-refractivity contribution in [3.05, 3.63) is 41.2 Å². The molecule has 0 saturated carbocycles. The molecule has 0 atom stereocenters. The Hall–Kier alpha value is -0.266. The number of rotatable bonds is 0. The first kappa shape index (κ1) is 12.8. The Morgan fingerprint density at radius 2 is 1.73 bits per heavy atom. The average molecular weight is 274 g/mol. The second kappa shape index (κ2) is 4.71. The molecule has 15 heavy (non-hydrogen) atoms. The Bertz CT molecular complexity index is 417. The predicted molar refractivity (Wildman–Crippen MR) is 60.8 cm³/mol. The van der Waals surface area contributed by atoms with Crippen molar-refractivity contribution in [1.82, 2.24) is 4.98 Å².